The maximum Gasteiger partial charge on any atom is 0.317 e. The molecule has 0 saturated carbocycles. The third kappa shape index (κ3) is 5.24. The number of aliphatic carboxylic acids is 1. The molecule has 2 N–H and O–H groups in total. The van der Waals surface area contributed by atoms with E-state index in [9.17, 15) is 9.18 Å². The van der Waals surface area contributed by atoms with Crippen molar-refractivity contribution in [3.8, 4) is 5.75 Å². The molecule has 0 heterocycles. The molecule has 0 aromatic heterocycles. The van der Waals surface area contributed by atoms with E-state index in [-0.39, 0.29) is 12.4 Å². The maximum atomic E-state index is 12.8. The minimum absolute atomic E-state index is 0.0827. The van der Waals surface area contributed by atoms with E-state index in [0.29, 0.717) is 18.9 Å². The van der Waals surface area contributed by atoms with Crippen molar-refractivity contribution < 1.29 is 19.0 Å². The molecule has 110 valence electrons. The lowest BCUT2D eigenvalue weighted by Gasteiger charge is -2.08. The molecule has 0 spiro atoms. The first-order valence-electron chi connectivity index (χ1n) is 6.52. The summed E-state index contributed by atoms with van der Waals surface area (Å²) in [7, 11) is 0. The molecule has 0 bridgehead atoms. The van der Waals surface area contributed by atoms with Crippen LogP contribution in [0.4, 0.5) is 4.39 Å². The van der Waals surface area contributed by atoms with Crippen LogP contribution in [-0.4, -0.2) is 17.6 Å². The first-order valence-corrected chi connectivity index (χ1v) is 6.52. The van der Waals surface area contributed by atoms with Gasteiger partial charge in [-0.05, 0) is 35.4 Å². The van der Waals surface area contributed by atoms with Gasteiger partial charge >= 0.3 is 5.97 Å². The van der Waals surface area contributed by atoms with Crippen LogP contribution in [-0.2, 0) is 17.9 Å². The standard InChI is InChI=1S/C16H16FNO3/c17-14-6-4-12(5-7-14)11-21-15-3-1-2-13(8-15)9-18-10-16(19)20/h1-8,18H,9-11H2,(H,19,20). The van der Waals surface area contributed by atoms with E-state index in [1.165, 1.54) is 12.1 Å². The fraction of sp³-hybridized carbons (Fsp3) is 0.188. The topological polar surface area (TPSA) is 58.6 Å². The highest BCUT2D eigenvalue weighted by Crippen LogP contribution is 2.15. The fourth-order valence-electron chi connectivity index (χ4n) is 1.81. The quantitative estimate of drug-likeness (QED) is 0.822. The second-order valence-electron chi connectivity index (χ2n) is 4.56. The van der Waals surface area contributed by atoms with Crippen molar-refractivity contribution in [2.75, 3.05) is 6.54 Å². The van der Waals surface area contributed by atoms with Gasteiger partial charge in [0, 0.05) is 6.54 Å². The van der Waals surface area contributed by atoms with Gasteiger partial charge < -0.3 is 15.2 Å². The van der Waals surface area contributed by atoms with Crippen molar-refractivity contribution in [2.24, 2.45) is 0 Å². The van der Waals surface area contributed by atoms with Crippen LogP contribution in [0.5, 0.6) is 5.75 Å². The first kappa shape index (κ1) is 15.0. The van der Waals surface area contributed by atoms with Gasteiger partial charge in [0.05, 0.1) is 6.54 Å². The number of ether oxygens (including phenoxy) is 1. The molecular formula is C16H16FNO3. The Morgan fingerprint density at radius 3 is 2.62 bits per heavy atom. The third-order valence-corrected chi connectivity index (χ3v) is 2.82. The van der Waals surface area contributed by atoms with Crippen molar-refractivity contribution in [2.45, 2.75) is 13.2 Å². The SMILES string of the molecule is O=C(O)CNCc1cccc(OCc2ccc(F)cc2)c1. The Labute approximate surface area is 122 Å². The number of halogens is 1. The molecule has 5 heteroatoms. The van der Waals surface area contributed by atoms with E-state index in [2.05, 4.69) is 5.32 Å². The van der Waals surface area contributed by atoms with Crippen LogP contribution >= 0.6 is 0 Å². The zero-order chi connectivity index (χ0) is 15.1. The van der Waals surface area contributed by atoms with Crippen LogP contribution in [0, 0.1) is 5.82 Å². The van der Waals surface area contributed by atoms with Gasteiger partial charge in [0.15, 0.2) is 0 Å². The molecule has 0 unspecified atom stereocenters. The number of carboxylic acid groups (broad SMARTS) is 1. The first-order chi connectivity index (χ1) is 10.1. The number of carboxylic acids is 1. The van der Waals surface area contributed by atoms with Gasteiger partial charge in [0.25, 0.3) is 0 Å². The fourth-order valence-corrected chi connectivity index (χ4v) is 1.81. The van der Waals surface area contributed by atoms with E-state index < -0.39 is 5.97 Å². The lowest BCUT2D eigenvalue weighted by Crippen LogP contribution is -2.21. The summed E-state index contributed by atoms with van der Waals surface area (Å²) in [6, 6.07) is 13.5. The van der Waals surface area contributed by atoms with Crippen LogP contribution in [0.2, 0.25) is 0 Å². The number of hydrogen-bond donors (Lipinski definition) is 2. The molecule has 2 aromatic carbocycles. The normalized spacial score (nSPS) is 10.3. The highest BCUT2D eigenvalue weighted by Gasteiger charge is 2.00. The number of nitrogens with one attached hydrogen (secondary N) is 1. The summed E-state index contributed by atoms with van der Waals surface area (Å²) in [5.74, 6) is -0.474. The van der Waals surface area contributed by atoms with Gasteiger partial charge in [-0.3, -0.25) is 4.79 Å². The van der Waals surface area contributed by atoms with E-state index in [1.54, 1.807) is 12.1 Å². The molecule has 0 aliphatic rings. The van der Waals surface area contributed by atoms with Gasteiger partial charge in [0.2, 0.25) is 0 Å². The molecule has 0 saturated heterocycles. The number of hydrogen-bond acceptors (Lipinski definition) is 3. The van der Waals surface area contributed by atoms with Crippen molar-refractivity contribution >= 4 is 5.97 Å². The van der Waals surface area contributed by atoms with Gasteiger partial charge in [0.1, 0.15) is 18.2 Å². The Balaban J connectivity index is 1.88. The zero-order valence-electron chi connectivity index (χ0n) is 11.4. The predicted octanol–water partition coefficient (Wildman–Crippen LogP) is 2.58. The van der Waals surface area contributed by atoms with Crippen molar-refractivity contribution in [3.63, 3.8) is 0 Å². The molecule has 0 aliphatic carbocycles. The van der Waals surface area contributed by atoms with Crippen LogP contribution in [0.3, 0.4) is 0 Å². The van der Waals surface area contributed by atoms with Crippen molar-refractivity contribution in [3.05, 3.63) is 65.5 Å². The Kier molecular flexibility index (Phi) is 5.29. The predicted molar refractivity (Wildman–Crippen MR) is 76.5 cm³/mol. The van der Waals surface area contributed by atoms with Gasteiger partial charge in [-0.15, -0.1) is 0 Å². The minimum Gasteiger partial charge on any atom is -0.489 e. The van der Waals surface area contributed by atoms with Crippen LogP contribution < -0.4 is 10.1 Å². The van der Waals surface area contributed by atoms with Gasteiger partial charge in [-0.25, -0.2) is 4.39 Å². The Morgan fingerprint density at radius 1 is 1.14 bits per heavy atom. The monoisotopic (exact) mass is 289 g/mol. The van der Waals surface area contributed by atoms with Crippen molar-refractivity contribution in [1.82, 2.24) is 5.32 Å². The van der Waals surface area contributed by atoms with Crippen LogP contribution in [0.1, 0.15) is 11.1 Å². The Hall–Kier alpha value is -2.40. The summed E-state index contributed by atoms with van der Waals surface area (Å²) >= 11 is 0. The summed E-state index contributed by atoms with van der Waals surface area (Å²) in [5.41, 5.74) is 1.82. The molecule has 0 atom stereocenters. The molecule has 21 heavy (non-hydrogen) atoms. The molecule has 0 aliphatic heterocycles. The molecule has 2 rings (SSSR count). The van der Waals surface area contributed by atoms with E-state index in [4.69, 9.17) is 9.84 Å². The molecule has 0 fully saturated rings. The van der Waals surface area contributed by atoms with Gasteiger partial charge in [-0.1, -0.05) is 24.3 Å². The van der Waals surface area contributed by atoms with Gasteiger partial charge in [-0.2, -0.15) is 0 Å². The Bertz CT molecular complexity index is 599. The lowest BCUT2D eigenvalue weighted by atomic mass is 10.2. The average Bonchev–Trinajstić information content (AvgIpc) is 2.47. The van der Waals surface area contributed by atoms with Crippen LogP contribution in [0.15, 0.2) is 48.5 Å². The summed E-state index contributed by atoms with van der Waals surface area (Å²) in [6.45, 7) is 0.729. The van der Waals surface area contributed by atoms with E-state index in [1.807, 2.05) is 24.3 Å². The van der Waals surface area contributed by atoms with E-state index >= 15 is 0 Å². The summed E-state index contributed by atoms with van der Waals surface area (Å²) in [5, 5.41) is 11.4. The molecule has 4 nitrogen and oxygen atoms in total. The molecule has 0 radical (unpaired) electrons. The highest BCUT2D eigenvalue weighted by molar-refractivity contribution is 5.68. The highest BCUT2D eigenvalue weighted by atomic mass is 19.1. The number of benzene rings is 2. The molecule has 2 aromatic rings. The lowest BCUT2D eigenvalue weighted by molar-refractivity contribution is -0.135. The second kappa shape index (κ2) is 7.40. The third-order valence-electron chi connectivity index (χ3n) is 2.82. The van der Waals surface area contributed by atoms with Crippen LogP contribution in [0.25, 0.3) is 0 Å². The summed E-state index contributed by atoms with van der Waals surface area (Å²) < 4.78 is 18.4. The average molecular weight is 289 g/mol. The molecular weight excluding hydrogens is 273 g/mol. The minimum atomic E-state index is -0.890. The maximum absolute atomic E-state index is 12.8. The number of rotatable bonds is 7. The number of carbonyl (C=O) groups is 1. The van der Waals surface area contributed by atoms with Crippen molar-refractivity contribution in [1.29, 1.82) is 0 Å². The smallest absolute Gasteiger partial charge is 0.317 e. The summed E-state index contributed by atoms with van der Waals surface area (Å²) in [6.07, 6.45) is 0. The summed E-state index contributed by atoms with van der Waals surface area (Å²) in [4.78, 5) is 10.4. The van der Waals surface area contributed by atoms with E-state index in [0.717, 1.165) is 11.1 Å². The second-order valence-corrected chi connectivity index (χ2v) is 4.56. The Morgan fingerprint density at radius 2 is 1.90 bits per heavy atom. The zero-order valence-corrected chi connectivity index (χ0v) is 11.4. The largest absolute Gasteiger partial charge is 0.489 e. The molecule has 0 amide bonds.